The van der Waals surface area contributed by atoms with E-state index in [0.717, 1.165) is 18.5 Å². The van der Waals surface area contributed by atoms with Crippen molar-refractivity contribution in [3.05, 3.63) is 23.5 Å². The molecule has 0 saturated heterocycles. The van der Waals surface area contributed by atoms with Gasteiger partial charge in [0.25, 0.3) is 0 Å². The lowest BCUT2D eigenvalue weighted by Gasteiger charge is -2.37. The molecule has 2 aliphatic rings. The Morgan fingerprint density at radius 2 is 2.29 bits per heavy atom. The van der Waals surface area contributed by atoms with Crippen molar-refractivity contribution in [1.82, 2.24) is 10.2 Å². The molecule has 3 heteroatoms. The Bertz CT molecular complexity index is 315. The summed E-state index contributed by atoms with van der Waals surface area (Å²) in [6.07, 6.45) is 6.26. The third-order valence-corrected chi connectivity index (χ3v) is 2.70. The molecular weight excluding hydrogens is 176 g/mol. The highest BCUT2D eigenvalue weighted by Gasteiger charge is 2.25. The molecule has 14 heavy (non-hydrogen) atoms. The molecule has 0 unspecified atom stereocenters. The topological polar surface area (TPSA) is 32.3 Å². The Labute approximate surface area is 84.5 Å². The van der Waals surface area contributed by atoms with Crippen LogP contribution in [-0.2, 0) is 4.79 Å². The van der Waals surface area contributed by atoms with Crippen molar-refractivity contribution in [2.45, 2.75) is 32.7 Å². The largest absolute Gasteiger partial charge is 0.361 e. The summed E-state index contributed by atoms with van der Waals surface area (Å²) < 4.78 is 0. The van der Waals surface area contributed by atoms with E-state index in [0.29, 0.717) is 12.6 Å². The van der Waals surface area contributed by atoms with Gasteiger partial charge in [0, 0.05) is 11.7 Å². The SMILES string of the molecule is CC(C)N1CC(=O)NC2=C1CCC=C2. The van der Waals surface area contributed by atoms with Gasteiger partial charge < -0.3 is 10.2 Å². The Hall–Kier alpha value is -1.25. The average molecular weight is 192 g/mol. The van der Waals surface area contributed by atoms with Gasteiger partial charge in [0.15, 0.2) is 0 Å². The zero-order valence-corrected chi connectivity index (χ0v) is 8.71. The Kier molecular flexibility index (Phi) is 2.32. The van der Waals surface area contributed by atoms with Crippen molar-refractivity contribution in [2.24, 2.45) is 0 Å². The smallest absolute Gasteiger partial charge is 0.243 e. The molecule has 76 valence electrons. The maximum Gasteiger partial charge on any atom is 0.243 e. The monoisotopic (exact) mass is 192 g/mol. The fraction of sp³-hybridized carbons (Fsp3) is 0.545. The van der Waals surface area contributed by atoms with E-state index in [4.69, 9.17) is 0 Å². The minimum Gasteiger partial charge on any atom is -0.361 e. The van der Waals surface area contributed by atoms with Crippen LogP contribution in [0.3, 0.4) is 0 Å². The zero-order valence-electron chi connectivity index (χ0n) is 8.71. The molecule has 1 aliphatic carbocycles. The lowest BCUT2D eigenvalue weighted by Crippen LogP contribution is -2.46. The van der Waals surface area contributed by atoms with E-state index >= 15 is 0 Å². The first kappa shape index (κ1) is 9.31. The first-order chi connectivity index (χ1) is 6.68. The number of rotatable bonds is 1. The number of allylic oxidation sites excluding steroid dienone is 3. The summed E-state index contributed by atoms with van der Waals surface area (Å²) in [5.41, 5.74) is 2.29. The predicted octanol–water partition coefficient (Wildman–Crippen LogP) is 1.39. The van der Waals surface area contributed by atoms with E-state index in [-0.39, 0.29) is 5.91 Å². The van der Waals surface area contributed by atoms with Crippen LogP contribution in [0, 0.1) is 0 Å². The normalized spacial score (nSPS) is 21.4. The standard InChI is InChI=1S/C11H16N2O/c1-8(2)13-7-11(14)12-9-5-3-4-6-10(9)13/h3,5,8H,4,6-7H2,1-2H3,(H,12,14). The highest BCUT2D eigenvalue weighted by molar-refractivity contribution is 5.82. The van der Waals surface area contributed by atoms with Crippen molar-refractivity contribution in [2.75, 3.05) is 6.54 Å². The molecule has 1 N–H and O–H groups in total. The van der Waals surface area contributed by atoms with Gasteiger partial charge in [-0.3, -0.25) is 4.79 Å². The van der Waals surface area contributed by atoms with Crippen LogP contribution in [0.4, 0.5) is 0 Å². The van der Waals surface area contributed by atoms with Crippen LogP contribution >= 0.6 is 0 Å². The van der Waals surface area contributed by atoms with Gasteiger partial charge in [-0.15, -0.1) is 0 Å². The molecular formula is C11H16N2O. The summed E-state index contributed by atoms with van der Waals surface area (Å²) in [6, 6.07) is 0.401. The van der Waals surface area contributed by atoms with E-state index in [9.17, 15) is 4.79 Å². The first-order valence-corrected chi connectivity index (χ1v) is 5.14. The van der Waals surface area contributed by atoms with Crippen molar-refractivity contribution < 1.29 is 4.79 Å². The second-order valence-corrected chi connectivity index (χ2v) is 4.07. The second kappa shape index (κ2) is 3.48. The number of hydrogen-bond donors (Lipinski definition) is 1. The molecule has 1 heterocycles. The number of amides is 1. The van der Waals surface area contributed by atoms with Crippen LogP contribution in [0.15, 0.2) is 23.5 Å². The number of carbonyl (C=O) groups excluding carboxylic acids is 1. The maximum absolute atomic E-state index is 11.4. The first-order valence-electron chi connectivity index (χ1n) is 5.14. The van der Waals surface area contributed by atoms with E-state index in [1.165, 1.54) is 5.70 Å². The molecule has 0 fully saturated rings. The van der Waals surface area contributed by atoms with Crippen molar-refractivity contribution in [1.29, 1.82) is 0 Å². The van der Waals surface area contributed by atoms with Crippen molar-refractivity contribution in [3.63, 3.8) is 0 Å². The van der Waals surface area contributed by atoms with Gasteiger partial charge in [0.05, 0.1) is 12.2 Å². The summed E-state index contributed by atoms with van der Waals surface area (Å²) in [6.45, 7) is 4.76. The lowest BCUT2D eigenvalue weighted by atomic mass is 10.0. The van der Waals surface area contributed by atoms with Gasteiger partial charge in [-0.05, 0) is 32.8 Å². The molecule has 1 amide bonds. The van der Waals surface area contributed by atoms with Crippen LogP contribution in [-0.4, -0.2) is 23.4 Å². The van der Waals surface area contributed by atoms with Crippen LogP contribution in [0.25, 0.3) is 0 Å². The third-order valence-electron chi connectivity index (χ3n) is 2.70. The summed E-state index contributed by atoms with van der Waals surface area (Å²) in [7, 11) is 0. The quantitative estimate of drug-likeness (QED) is 0.681. The molecule has 0 aromatic heterocycles. The summed E-state index contributed by atoms with van der Waals surface area (Å²) in [4.78, 5) is 13.6. The minimum absolute atomic E-state index is 0.101. The van der Waals surface area contributed by atoms with Crippen LogP contribution < -0.4 is 5.32 Å². The molecule has 0 aromatic carbocycles. The Balaban J connectivity index is 2.33. The molecule has 0 radical (unpaired) electrons. The fourth-order valence-corrected chi connectivity index (χ4v) is 2.00. The van der Waals surface area contributed by atoms with E-state index < -0.39 is 0 Å². The van der Waals surface area contributed by atoms with Crippen LogP contribution in [0.2, 0.25) is 0 Å². The predicted molar refractivity (Wildman–Crippen MR) is 55.4 cm³/mol. The summed E-state index contributed by atoms with van der Waals surface area (Å²) >= 11 is 0. The number of nitrogens with zero attached hydrogens (tertiary/aromatic N) is 1. The zero-order chi connectivity index (χ0) is 10.1. The van der Waals surface area contributed by atoms with Crippen LogP contribution in [0.5, 0.6) is 0 Å². The average Bonchev–Trinajstić information content (AvgIpc) is 2.16. The number of carbonyl (C=O) groups is 1. The van der Waals surface area contributed by atoms with Gasteiger partial charge in [-0.2, -0.15) is 0 Å². The van der Waals surface area contributed by atoms with Gasteiger partial charge in [-0.1, -0.05) is 6.08 Å². The van der Waals surface area contributed by atoms with Crippen molar-refractivity contribution in [3.8, 4) is 0 Å². The maximum atomic E-state index is 11.4. The minimum atomic E-state index is 0.101. The molecule has 0 saturated carbocycles. The van der Waals surface area contributed by atoms with E-state index in [1.807, 2.05) is 6.08 Å². The number of nitrogens with one attached hydrogen (secondary N) is 1. The van der Waals surface area contributed by atoms with Gasteiger partial charge in [-0.25, -0.2) is 0 Å². The molecule has 0 aromatic rings. The fourth-order valence-electron chi connectivity index (χ4n) is 2.00. The van der Waals surface area contributed by atoms with Crippen LogP contribution in [0.1, 0.15) is 26.7 Å². The van der Waals surface area contributed by atoms with Gasteiger partial charge in [0.2, 0.25) is 5.91 Å². The van der Waals surface area contributed by atoms with Crippen molar-refractivity contribution >= 4 is 5.91 Å². The Morgan fingerprint density at radius 1 is 1.50 bits per heavy atom. The highest BCUT2D eigenvalue weighted by atomic mass is 16.2. The molecule has 0 bridgehead atoms. The molecule has 3 nitrogen and oxygen atoms in total. The highest BCUT2D eigenvalue weighted by Crippen LogP contribution is 2.25. The molecule has 2 rings (SSSR count). The van der Waals surface area contributed by atoms with Gasteiger partial charge >= 0.3 is 0 Å². The summed E-state index contributed by atoms with van der Waals surface area (Å²) in [5.74, 6) is 0.101. The van der Waals surface area contributed by atoms with Gasteiger partial charge in [0.1, 0.15) is 0 Å². The molecule has 0 spiro atoms. The molecule has 0 atom stereocenters. The Morgan fingerprint density at radius 3 is 3.00 bits per heavy atom. The van der Waals surface area contributed by atoms with E-state index in [2.05, 4.69) is 30.1 Å². The lowest BCUT2D eigenvalue weighted by molar-refractivity contribution is -0.122. The summed E-state index contributed by atoms with van der Waals surface area (Å²) in [5, 5.41) is 2.92. The third kappa shape index (κ3) is 1.54. The molecule has 1 aliphatic heterocycles. The van der Waals surface area contributed by atoms with E-state index in [1.54, 1.807) is 0 Å². The second-order valence-electron chi connectivity index (χ2n) is 4.07. The number of hydrogen-bond acceptors (Lipinski definition) is 2.